The smallest absolute Gasteiger partial charge is 0.248 e. The van der Waals surface area contributed by atoms with Crippen LogP contribution in [0.25, 0.3) is 22.8 Å². The highest BCUT2D eigenvalue weighted by molar-refractivity contribution is 5.60. The van der Waals surface area contributed by atoms with E-state index in [1.165, 1.54) is 6.07 Å². The van der Waals surface area contributed by atoms with E-state index in [-0.39, 0.29) is 12.3 Å². The summed E-state index contributed by atoms with van der Waals surface area (Å²) in [5, 5.41) is 4.48. The quantitative estimate of drug-likeness (QED) is 0.658. The van der Waals surface area contributed by atoms with E-state index in [0.29, 0.717) is 30.4 Å². The maximum Gasteiger partial charge on any atom is 0.248 e. The molecule has 0 unspecified atom stereocenters. The third kappa shape index (κ3) is 3.73. The number of rotatable bonds is 7. The molecule has 124 valence electrons. The molecule has 8 nitrogen and oxygen atoms in total. The molecule has 0 aliphatic rings. The lowest BCUT2D eigenvalue weighted by molar-refractivity contribution is 0.0296. The third-order valence-electron chi connectivity index (χ3n) is 3.29. The molecule has 0 radical (unpaired) electrons. The number of aromatic amines is 1. The topological polar surface area (TPSA) is 94.9 Å². The van der Waals surface area contributed by atoms with E-state index in [4.69, 9.17) is 9.47 Å². The zero-order valence-electron chi connectivity index (χ0n) is 13.2. The van der Waals surface area contributed by atoms with Crippen LogP contribution < -0.4 is 5.56 Å². The summed E-state index contributed by atoms with van der Waals surface area (Å²) in [7, 11) is 1.61. The van der Waals surface area contributed by atoms with Crippen LogP contribution in [0.5, 0.6) is 0 Å². The highest BCUT2D eigenvalue weighted by atomic mass is 16.5. The molecule has 0 aliphatic heterocycles. The Hall–Kier alpha value is -2.84. The number of hydrogen-bond acceptors (Lipinski definition) is 6. The predicted molar refractivity (Wildman–Crippen MR) is 87.1 cm³/mol. The van der Waals surface area contributed by atoms with Crippen molar-refractivity contribution >= 4 is 0 Å². The first-order chi connectivity index (χ1) is 11.8. The highest BCUT2D eigenvalue weighted by Gasteiger charge is 2.14. The van der Waals surface area contributed by atoms with E-state index in [2.05, 4.69) is 20.1 Å². The second-order valence-corrected chi connectivity index (χ2v) is 4.97. The minimum atomic E-state index is -0.201. The first-order valence-corrected chi connectivity index (χ1v) is 7.39. The van der Waals surface area contributed by atoms with Gasteiger partial charge in [-0.3, -0.25) is 9.78 Å². The molecule has 24 heavy (non-hydrogen) atoms. The molecule has 0 saturated heterocycles. The molecular formula is C16H17N5O3. The van der Waals surface area contributed by atoms with Crippen molar-refractivity contribution in [3.63, 3.8) is 0 Å². The summed E-state index contributed by atoms with van der Waals surface area (Å²) in [5.41, 5.74) is 1.31. The van der Waals surface area contributed by atoms with Crippen molar-refractivity contribution < 1.29 is 9.47 Å². The third-order valence-corrected chi connectivity index (χ3v) is 3.29. The van der Waals surface area contributed by atoms with Crippen LogP contribution in [0.15, 0.2) is 47.7 Å². The van der Waals surface area contributed by atoms with E-state index in [1.54, 1.807) is 36.4 Å². The molecule has 8 heteroatoms. The highest BCUT2D eigenvalue weighted by Crippen LogP contribution is 2.21. The number of hydrogen-bond donors (Lipinski definition) is 1. The van der Waals surface area contributed by atoms with Crippen molar-refractivity contribution in [1.82, 2.24) is 24.7 Å². The monoisotopic (exact) mass is 327 g/mol. The van der Waals surface area contributed by atoms with Gasteiger partial charge < -0.3 is 14.5 Å². The van der Waals surface area contributed by atoms with Crippen LogP contribution in [0, 0.1) is 0 Å². The molecule has 3 aromatic rings. The number of aromatic nitrogens is 5. The first kappa shape index (κ1) is 16.0. The maximum atomic E-state index is 11.6. The Kier molecular flexibility index (Phi) is 5.09. The van der Waals surface area contributed by atoms with Gasteiger partial charge >= 0.3 is 0 Å². The van der Waals surface area contributed by atoms with Gasteiger partial charge in [0.1, 0.15) is 6.73 Å². The van der Waals surface area contributed by atoms with Crippen LogP contribution in [-0.4, -0.2) is 45.1 Å². The van der Waals surface area contributed by atoms with E-state index in [1.807, 2.05) is 12.1 Å². The second-order valence-electron chi connectivity index (χ2n) is 4.97. The summed E-state index contributed by atoms with van der Waals surface area (Å²) in [5.74, 6) is 1.10. The van der Waals surface area contributed by atoms with E-state index >= 15 is 0 Å². The molecule has 0 aliphatic carbocycles. The molecule has 0 bridgehead atoms. The lowest BCUT2D eigenvalue weighted by Crippen LogP contribution is -2.11. The molecule has 3 rings (SSSR count). The Morgan fingerprint density at radius 1 is 1.17 bits per heavy atom. The van der Waals surface area contributed by atoms with Gasteiger partial charge in [-0.25, -0.2) is 9.67 Å². The normalized spacial score (nSPS) is 10.9. The average Bonchev–Trinajstić information content (AvgIpc) is 3.04. The van der Waals surface area contributed by atoms with Gasteiger partial charge in [-0.15, -0.1) is 5.10 Å². The van der Waals surface area contributed by atoms with Gasteiger partial charge in [-0.05, 0) is 18.2 Å². The van der Waals surface area contributed by atoms with Gasteiger partial charge in [0, 0.05) is 42.9 Å². The molecule has 0 spiro atoms. The van der Waals surface area contributed by atoms with Crippen LogP contribution in [0.2, 0.25) is 0 Å². The molecular weight excluding hydrogens is 310 g/mol. The molecule has 0 atom stereocenters. The predicted octanol–water partition coefficient (Wildman–Crippen LogP) is 1.32. The molecule has 3 heterocycles. The SMILES string of the molecule is COCCOCn1nc(-c2ccncc2)nc1-c1cc[nH]c(=O)c1. The molecule has 0 aromatic carbocycles. The summed E-state index contributed by atoms with van der Waals surface area (Å²) < 4.78 is 12.1. The fourth-order valence-electron chi connectivity index (χ4n) is 2.15. The molecule has 0 amide bonds. The van der Waals surface area contributed by atoms with Crippen LogP contribution >= 0.6 is 0 Å². The lowest BCUT2D eigenvalue weighted by atomic mass is 10.2. The van der Waals surface area contributed by atoms with E-state index in [0.717, 1.165) is 5.56 Å². The summed E-state index contributed by atoms with van der Waals surface area (Å²) >= 11 is 0. The van der Waals surface area contributed by atoms with Crippen molar-refractivity contribution in [2.75, 3.05) is 20.3 Å². The van der Waals surface area contributed by atoms with E-state index in [9.17, 15) is 4.79 Å². The number of pyridine rings is 2. The van der Waals surface area contributed by atoms with Crippen LogP contribution in [0.4, 0.5) is 0 Å². The Morgan fingerprint density at radius 3 is 2.75 bits per heavy atom. The van der Waals surface area contributed by atoms with Crippen molar-refractivity contribution in [3.05, 3.63) is 53.2 Å². The summed E-state index contributed by atoms with van der Waals surface area (Å²) in [6.07, 6.45) is 4.94. The Bertz CT molecular complexity index is 844. The van der Waals surface area contributed by atoms with Crippen LogP contribution in [0.1, 0.15) is 0 Å². The second kappa shape index (κ2) is 7.62. The fraction of sp³-hybridized carbons (Fsp3) is 0.250. The Morgan fingerprint density at radius 2 is 2.00 bits per heavy atom. The van der Waals surface area contributed by atoms with Crippen molar-refractivity contribution in [2.45, 2.75) is 6.73 Å². The van der Waals surface area contributed by atoms with E-state index < -0.39 is 0 Å². The standard InChI is InChI=1S/C16H17N5O3/c1-23-8-9-24-11-21-16(13-4-7-18-14(22)10-13)19-15(20-21)12-2-5-17-6-3-12/h2-7,10H,8-9,11H2,1H3,(H,18,22). The van der Waals surface area contributed by atoms with Crippen molar-refractivity contribution in [3.8, 4) is 22.8 Å². The van der Waals surface area contributed by atoms with Gasteiger partial charge in [-0.2, -0.15) is 0 Å². The largest absolute Gasteiger partial charge is 0.382 e. The fourth-order valence-corrected chi connectivity index (χ4v) is 2.15. The molecule has 0 fully saturated rings. The first-order valence-electron chi connectivity index (χ1n) is 7.39. The molecule has 3 aromatic heterocycles. The van der Waals surface area contributed by atoms with Gasteiger partial charge in [0.25, 0.3) is 0 Å². The Balaban J connectivity index is 1.95. The zero-order valence-corrected chi connectivity index (χ0v) is 13.2. The van der Waals surface area contributed by atoms with Gasteiger partial charge in [0.05, 0.1) is 13.2 Å². The zero-order chi connectivity index (χ0) is 16.8. The summed E-state index contributed by atoms with van der Waals surface area (Å²) in [4.78, 5) is 22.7. The molecule has 0 saturated carbocycles. The minimum absolute atomic E-state index is 0.201. The Labute approximate surface area is 138 Å². The summed E-state index contributed by atoms with van der Waals surface area (Å²) in [6, 6.07) is 6.90. The summed E-state index contributed by atoms with van der Waals surface area (Å²) in [6.45, 7) is 1.14. The van der Waals surface area contributed by atoms with Crippen molar-refractivity contribution in [1.29, 1.82) is 0 Å². The van der Waals surface area contributed by atoms with Crippen LogP contribution in [-0.2, 0) is 16.2 Å². The number of methoxy groups -OCH3 is 1. The molecule has 1 N–H and O–H groups in total. The van der Waals surface area contributed by atoms with Gasteiger partial charge in [0.2, 0.25) is 5.56 Å². The maximum absolute atomic E-state index is 11.6. The van der Waals surface area contributed by atoms with Crippen molar-refractivity contribution in [2.24, 2.45) is 0 Å². The van der Waals surface area contributed by atoms with Crippen LogP contribution in [0.3, 0.4) is 0 Å². The minimum Gasteiger partial charge on any atom is -0.382 e. The number of ether oxygens (including phenoxy) is 2. The van der Waals surface area contributed by atoms with Gasteiger partial charge in [0.15, 0.2) is 11.6 Å². The number of H-pyrrole nitrogens is 1. The number of nitrogens with one attached hydrogen (secondary N) is 1. The lowest BCUT2D eigenvalue weighted by Gasteiger charge is -2.06. The number of nitrogens with zero attached hydrogens (tertiary/aromatic N) is 4. The van der Waals surface area contributed by atoms with Gasteiger partial charge in [-0.1, -0.05) is 0 Å². The average molecular weight is 327 g/mol.